The number of anilines is 1. The van der Waals surface area contributed by atoms with E-state index in [4.69, 9.17) is 9.97 Å². The first-order valence-corrected chi connectivity index (χ1v) is 11.0. The first-order chi connectivity index (χ1) is 15.1. The number of hydrogen-bond acceptors (Lipinski definition) is 6. The van der Waals surface area contributed by atoms with Gasteiger partial charge in [0.1, 0.15) is 5.52 Å². The minimum absolute atomic E-state index is 0.0644. The molecule has 0 unspecified atom stereocenters. The highest BCUT2D eigenvalue weighted by atomic mass is 32.1. The number of nitrogens with one attached hydrogen (secondary N) is 1. The third-order valence-corrected chi connectivity index (χ3v) is 5.90. The molecule has 0 fully saturated rings. The molecule has 0 saturated heterocycles. The quantitative estimate of drug-likeness (QED) is 0.435. The van der Waals surface area contributed by atoms with Gasteiger partial charge in [-0.05, 0) is 32.3 Å². The zero-order valence-electron chi connectivity index (χ0n) is 17.4. The van der Waals surface area contributed by atoms with Gasteiger partial charge in [-0.25, -0.2) is 15.0 Å². The monoisotopic (exact) mass is 430 g/mol. The van der Waals surface area contributed by atoms with Crippen molar-refractivity contribution in [3.63, 3.8) is 0 Å². The van der Waals surface area contributed by atoms with Gasteiger partial charge in [0.05, 0.1) is 22.2 Å². The summed E-state index contributed by atoms with van der Waals surface area (Å²) in [6.45, 7) is 1.26. The summed E-state index contributed by atoms with van der Waals surface area (Å²) in [5.74, 6) is -0.0644. The number of fused-ring (bicyclic) bond motifs is 4. The summed E-state index contributed by atoms with van der Waals surface area (Å²) in [5.41, 5.74) is 5.36. The second-order valence-corrected chi connectivity index (χ2v) is 8.59. The van der Waals surface area contributed by atoms with Crippen LogP contribution in [0.5, 0.6) is 0 Å². The van der Waals surface area contributed by atoms with E-state index in [1.165, 1.54) is 11.3 Å². The highest BCUT2D eigenvalue weighted by Gasteiger charge is 2.15. The Morgan fingerprint density at radius 3 is 2.58 bits per heavy atom. The molecule has 1 N–H and O–H groups in total. The molecular weight excluding hydrogens is 408 g/mol. The lowest BCUT2D eigenvalue weighted by atomic mass is 10.2. The molecule has 0 radical (unpaired) electrons. The smallest absolute Gasteiger partial charge is 0.227 e. The molecule has 31 heavy (non-hydrogen) atoms. The van der Waals surface area contributed by atoms with Crippen molar-refractivity contribution in [3.05, 3.63) is 59.6 Å². The zero-order chi connectivity index (χ0) is 21.4. The van der Waals surface area contributed by atoms with Crippen molar-refractivity contribution in [1.82, 2.24) is 24.4 Å². The molecule has 0 aliphatic rings. The van der Waals surface area contributed by atoms with Gasteiger partial charge in [-0.2, -0.15) is 0 Å². The van der Waals surface area contributed by atoms with Gasteiger partial charge in [-0.1, -0.05) is 30.3 Å². The van der Waals surface area contributed by atoms with E-state index in [0.29, 0.717) is 18.1 Å². The lowest BCUT2D eigenvalue weighted by molar-refractivity contribution is -0.116. The van der Waals surface area contributed by atoms with Crippen molar-refractivity contribution in [1.29, 1.82) is 0 Å². The normalized spacial score (nSPS) is 11.7. The van der Waals surface area contributed by atoms with Crippen LogP contribution in [0.2, 0.25) is 0 Å². The van der Waals surface area contributed by atoms with Gasteiger partial charge in [0.25, 0.3) is 0 Å². The van der Waals surface area contributed by atoms with E-state index in [2.05, 4.69) is 27.0 Å². The number of rotatable bonds is 6. The van der Waals surface area contributed by atoms with E-state index in [9.17, 15) is 4.79 Å². The van der Waals surface area contributed by atoms with Crippen LogP contribution < -0.4 is 5.32 Å². The number of aromatic nitrogens is 4. The van der Waals surface area contributed by atoms with Crippen LogP contribution in [0.3, 0.4) is 0 Å². The Kier molecular flexibility index (Phi) is 5.09. The van der Waals surface area contributed by atoms with Crippen molar-refractivity contribution < 1.29 is 4.79 Å². The summed E-state index contributed by atoms with van der Waals surface area (Å²) >= 11 is 1.45. The number of thiazole rings is 1. The number of carbonyl (C=O) groups excluding carboxylic acids is 1. The molecule has 2 aromatic carbocycles. The number of hydrogen-bond donors (Lipinski definition) is 1. The third kappa shape index (κ3) is 3.87. The Morgan fingerprint density at radius 2 is 1.77 bits per heavy atom. The lowest BCUT2D eigenvalue weighted by Gasteiger charge is -2.07. The van der Waals surface area contributed by atoms with Gasteiger partial charge in [-0.3, -0.25) is 4.79 Å². The molecule has 7 nitrogen and oxygen atoms in total. The molecule has 5 rings (SSSR count). The number of carbonyl (C=O) groups is 1. The van der Waals surface area contributed by atoms with Crippen molar-refractivity contribution in [2.45, 2.75) is 19.5 Å². The van der Waals surface area contributed by atoms with Crippen LogP contribution in [-0.4, -0.2) is 44.4 Å². The van der Waals surface area contributed by atoms with Gasteiger partial charge in [0.15, 0.2) is 10.8 Å². The van der Waals surface area contributed by atoms with E-state index in [1.54, 1.807) is 0 Å². The fourth-order valence-corrected chi connectivity index (χ4v) is 4.48. The highest BCUT2D eigenvalue weighted by molar-refractivity contribution is 7.13. The van der Waals surface area contributed by atoms with E-state index in [1.807, 2.05) is 60.8 Å². The average molecular weight is 431 g/mol. The van der Waals surface area contributed by atoms with Gasteiger partial charge >= 0.3 is 0 Å². The first kappa shape index (κ1) is 19.6. The number of para-hydroxylation sites is 3. The molecule has 0 saturated carbocycles. The van der Waals surface area contributed by atoms with Crippen molar-refractivity contribution in [2.24, 2.45) is 0 Å². The predicted octanol–water partition coefficient (Wildman–Crippen LogP) is 4.28. The molecular formula is C23H22N6OS. The Bertz CT molecular complexity index is 1400. The zero-order valence-corrected chi connectivity index (χ0v) is 18.2. The maximum Gasteiger partial charge on any atom is 0.227 e. The second kappa shape index (κ2) is 8.05. The van der Waals surface area contributed by atoms with Crippen LogP contribution in [0.25, 0.3) is 33.1 Å². The minimum atomic E-state index is -0.0644. The average Bonchev–Trinajstić information content (AvgIpc) is 3.31. The molecule has 0 aliphatic heterocycles. The Balaban J connectivity index is 1.42. The van der Waals surface area contributed by atoms with Crippen LogP contribution in [0.1, 0.15) is 12.1 Å². The molecule has 3 heterocycles. The SMILES string of the molecule is CN(C)Cc1csc(NC(=O)CCn2c3ccccc3c3nc4ccccc4nc32)n1. The fourth-order valence-electron chi connectivity index (χ4n) is 3.77. The maximum absolute atomic E-state index is 12.6. The van der Waals surface area contributed by atoms with Gasteiger partial charge in [0.2, 0.25) is 5.91 Å². The van der Waals surface area contributed by atoms with E-state index >= 15 is 0 Å². The largest absolute Gasteiger partial charge is 0.323 e. The lowest BCUT2D eigenvalue weighted by Crippen LogP contribution is -2.15. The summed E-state index contributed by atoms with van der Waals surface area (Å²) in [6.07, 6.45) is 0.324. The van der Waals surface area contributed by atoms with Crippen molar-refractivity contribution >= 4 is 55.5 Å². The first-order valence-electron chi connectivity index (χ1n) is 10.1. The van der Waals surface area contributed by atoms with E-state index in [-0.39, 0.29) is 5.91 Å². The summed E-state index contributed by atoms with van der Waals surface area (Å²) in [5, 5.41) is 6.58. The molecule has 1 amide bonds. The van der Waals surface area contributed by atoms with Crippen molar-refractivity contribution in [2.75, 3.05) is 19.4 Å². The van der Waals surface area contributed by atoms with Crippen LogP contribution in [-0.2, 0) is 17.9 Å². The summed E-state index contributed by atoms with van der Waals surface area (Å²) in [7, 11) is 3.99. The van der Waals surface area contributed by atoms with E-state index in [0.717, 1.165) is 45.3 Å². The molecule has 156 valence electrons. The van der Waals surface area contributed by atoms with Crippen LogP contribution >= 0.6 is 11.3 Å². The second-order valence-electron chi connectivity index (χ2n) is 7.73. The predicted molar refractivity (Wildman–Crippen MR) is 125 cm³/mol. The highest BCUT2D eigenvalue weighted by Crippen LogP contribution is 2.28. The van der Waals surface area contributed by atoms with Gasteiger partial charge in [-0.15, -0.1) is 11.3 Å². The molecule has 3 aromatic heterocycles. The number of benzene rings is 2. The minimum Gasteiger partial charge on any atom is -0.323 e. The Morgan fingerprint density at radius 1 is 1.03 bits per heavy atom. The Hall–Kier alpha value is -3.36. The molecule has 0 spiro atoms. The van der Waals surface area contributed by atoms with Crippen LogP contribution in [0.15, 0.2) is 53.9 Å². The number of nitrogens with zero attached hydrogens (tertiary/aromatic N) is 5. The van der Waals surface area contributed by atoms with Crippen molar-refractivity contribution in [3.8, 4) is 0 Å². The molecule has 0 bridgehead atoms. The molecule has 0 atom stereocenters. The van der Waals surface area contributed by atoms with Gasteiger partial charge in [0, 0.05) is 30.3 Å². The third-order valence-electron chi connectivity index (χ3n) is 5.10. The standard InChI is InChI=1S/C23H22N6OS/c1-28(2)13-15-14-31-23(24-15)27-20(30)11-12-29-19-10-6-3-7-16(19)21-22(29)26-18-9-5-4-8-17(18)25-21/h3-10,14H,11-13H2,1-2H3,(H,24,27,30). The summed E-state index contributed by atoms with van der Waals surface area (Å²) in [6, 6.07) is 16.0. The van der Waals surface area contributed by atoms with Crippen LogP contribution in [0.4, 0.5) is 5.13 Å². The topological polar surface area (TPSA) is 75.9 Å². The maximum atomic E-state index is 12.6. The molecule has 0 aliphatic carbocycles. The number of aryl methyl sites for hydroxylation is 1. The summed E-state index contributed by atoms with van der Waals surface area (Å²) < 4.78 is 2.09. The summed E-state index contributed by atoms with van der Waals surface area (Å²) in [4.78, 5) is 28.9. The van der Waals surface area contributed by atoms with Crippen LogP contribution in [0, 0.1) is 0 Å². The van der Waals surface area contributed by atoms with Gasteiger partial charge < -0.3 is 14.8 Å². The number of amides is 1. The molecule has 8 heteroatoms. The molecule has 5 aromatic rings. The fraction of sp³-hybridized carbons (Fsp3) is 0.217. The Labute approximate surface area is 183 Å². The van der Waals surface area contributed by atoms with E-state index < -0.39 is 0 Å².